The fourth-order valence-corrected chi connectivity index (χ4v) is 4.55. The molecule has 2 heterocycles. The van der Waals surface area contributed by atoms with Gasteiger partial charge in [-0.3, -0.25) is 14.4 Å². The first-order valence-corrected chi connectivity index (χ1v) is 11.4. The quantitative estimate of drug-likeness (QED) is 0.430. The van der Waals surface area contributed by atoms with E-state index in [1.54, 1.807) is 12.1 Å². The number of hydrogen-bond donors (Lipinski definition) is 5. The van der Waals surface area contributed by atoms with Gasteiger partial charge in [0.2, 0.25) is 5.91 Å². The van der Waals surface area contributed by atoms with Crippen LogP contribution in [0.25, 0.3) is 10.9 Å². The summed E-state index contributed by atoms with van der Waals surface area (Å²) < 4.78 is 0. The molecule has 1 aromatic heterocycles. The van der Waals surface area contributed by atoms with Crippen molar-refractivity contribution in [2.75, 3.05) is 32.5 Å². The van der Waals surface area contributed by atoms with E-state index in [1.807, 2.05) is 19.0 Å². The van der Waals surface area contributed by atoms with Crippen molar-refractivity contribution in [2.45, 2.75) is 38.1 Å². The molecule has 0 unspecified atom stereocenters. The molecule has 4 rings (SSSR count). The molecule has 0 spiro atoms. The number of anilines is 1. The smallest absolute Gasteiger partial charge is 0.272 e. The van der Waals surface area contributed by atoms with Crippen LogP contribution in [0.15, 0.2) is 17.2 Å². The van der Waals surface area contributed by atoms with Crippen molar-refractivity contribution in [3.8, 4) is 0 Å². The van der Waals surface area contributed by atoms with Gasteiger partial charge in [-0.2, -0.15) is 5.10 Å². The molecule has 10 nitrogen and oxygen atoms in total. The van der Waals surface area contributed by atoms with Gasteiger partial charge in [0.1, 0.15) is 5.69 Å². The number of aromatic amines is 1. The largest absolute Gasteiger partial charge is 0.350 e. The third kappa shape index (κ3) is 4.91. The van der Waals surface area contributed by atoms with E-state index in [1.165, 1.54) is 12.6 Å². The van der Waals surface area contributed by atoms with Crippen LogP contribution in [-0.4, -0.2) is 67.0 Å². The minimum Gasteiger partial charge on any atom is -0.350 e. The van der Waals surface area contributed by atoms with Crippen molar-refractivity contribution in [2.24, 2.45) is 16.8 Å². The van der Waals surface area contributed by atoms with Crippen LogP contribution < -0.4 is 21.8 Å². The number of H-pyrrole nitrogens is 1. The van der Waals surface area contributed by atoms with Gasteiger partial charge in [-0.1, -0.05) is 19.3 Å². The highest BCUT2D eigenvalue weighted by Crippen LogP contribution is 2.31. The van der Waals surface area contributed by atoms with E-state index in [2.05, 4.69) is 26.1 Å². The molecule has 0 bridgehead atoms. The minimum atomic E-state index is -0.602. The van der Waals surface area contributed by atoms with Gasteiger partial charge in [0.05, 0.1) is 17.8 Å². The van der Waals surface area contributed by atoms with Gasteiger partial charge >= 0.3 is 0 Å². The molecule has 33 heavy (non-hydrogen) atoms. The van der Waals surface area contributed by atoms with Crippen molar-refractivity contribution >= 4 is 40.5 Å². The second-order valence-electron chi connectivity index (χ2n) is 9.03. The molecule has 3 amide bonds. The number of nitrogens with one attached hydrogen (secondary N) is 4. The van der Waals surface area contributed by atoms with Crippen LogP contribution in [0.3, 0.4) is 0 Å². The number of hydrogen-bond acceptors (Lipinski definition) is 6. The Morgan fingerprint density at radius 2 is 2.00 bits per heavy atom. The second-order valence-corrected chi connectivity index (χ2v) is 9.03. The number of aromatic nitrogens is 1. The van der Waals surface area contributed by atoms with Crippen molar-refractivity contribution in [1.82, 2.24) is 20.6 Å². The Labute approximate surface area is 192 Å². The summed E-state index contributed by atoms with van der Waals surface area (Å²) in [7, 11) is 3.85. The summed E-state index contributed by atoms with van der Waals surface area (Å²) in [5.74, 6) is -0.816. The molecule has 6 N–H and O–H groups in total. The fraction of sp³-hybridized carbons (Fsp3) is 0.478. The Balaban J connectivity index is 1.63. The summed E-state index contributed by atoms with van der Waals surface area (Å²) in [6.07, 6.45) is 6.72. The molecule has 2 aromatic rings. The summed E-state index contributed by atoms with van der Waals surface area (Å²) in [6, 6.07) is 2.72. The van der Waals surface area contributed by atoms with Crippen LogP contribution in [0.5, 0.6) is 0 Å². The van der Waals surface area contributed by atoms with Crippen molar-refractivity contribution in [3.05, 3.63) is 29.0 Å². The number of rotatable bonds is 7. The van der Waals surface area contributed by atoms with Gasteiger partial charge in [0.15, 0.2) is 0 Å². The Morgan fingerprint density at radius 1 is 1.24 bits per heavy atom. The van der Waals surface area contributed by atoms with Gasteiger partial charge in [0.25, 0.3) is 11.8 Å². The predicted molar refractivity (Wildman–Crippen MR) is 127 cm³/mol. The topological polar surface area (TPSA) is 145 Å². The number of nitrogens with zero attached hydrogens (tertiary/aromatic N) is 2. The molecule has 1 aliphatic heterocycles. The first-order chi connectivity index (χ1) is 15.8. The van der Waals surface area contributed by atoms with E-state index < -0.39 is 11.9 Å². The van der Waals surface area contributed by atoms with Crippen LogP contribution >= 0.6 is 0 Å². The fourth-order valence-electron chi connectivity index (χ4n) is 4.55. The van der Waals surface area contributed by atoms with Gasteiger partial charge in [-0.25, -0.2) is 5.43 Å². The average Bonchev–Trinajstić information content (AvgIpc) is 3.07. The number of hydrazone groups is 1. The number of likely N-dealkylation sites (N-methyl/N-ethyl adjacent to an activating group) is 1. The molecule has 0 saturated heterocycles. The van der Waals surface area contributed by atoms with Gasteiger partial charge < -0.3 is 26.3 Å². The maximum atomic E-state index is 12.8. The lowest BCUT2D eigenvalue weighted by atomic mass is 9.84. The summed E-state index contributed by atoms with van der Waals surface area (Å²) in [5, 5.41) is 10.3. The molecule has 1 atom stereocenters. The van der Waals surface area contributed by atoms with E-state index in [0.717, 1.165) is 25.7 Å². The monoisotopic (exact) mass is 453 g/mol. The number of nitrogens with two attached hydrogens (primary N) is 1. The van der Waals surface area contributed by atoms with Crippen molar-refractivity contribution in [3.63, 3.8) is 0 Å². The lowest BCUT2D eigenvalue weighted by Crippen LogP contribution is -2.42. The molecular weight excluding hydrogens is 422 g/mol. The summed E-state index contributed by atoms with van der Waals surface area (Å²) in [6.45, 7) is 1.17. The first-order valence-electron chi connectivity index (χ1n) is 11.4. The molecular formula is C23H31N7O3. The standard InChI is InChI=1S/C23H31N7O3/c1-30(2)9-8-25-23(33)20-16-12-26-29-21(31)15-10-14(11-17(28-20)18(15)16)27-22(32)19(24)13-6-4-3-5-7-13/h10-13,19,28H,3-9,24H2,1-2H3,(H,25,33)(H,27,32)(H,29,31)/t19-/m1/s1. The number of carbonyl (C=O) groups is 3. The Bertz CT molecular complexity index is 1100. The zero-order valence-electron chi connectivity index (χ0n) is 19.0. The molecule has 1 fully saturated rings. The van der Waals surface area contributed by atoms with Crippen molar-refractivity contribution < 1.29 is 14.4 Å². The molecule has 2 aliphatic rings. The Hall–Kier alpha value is -3.24. The van der Waals surface area contributed by atoms with Gasteiger partial charge in [-0.05, 0) is 45.0 Å². The molecule has 1 aliphatic carbocycles. The van der Waals surface area contributed by atoms with Crippen LogP contribution in [0.1, 0.15) is 58.5 Å². The Kier molecular flexibility index (Phi) is 6.75. The third-order valence-electron chi connectivity index (χ3n) is 6.34. The molecule has 10 heteroatoms. The molecule has 1 aromatic carbocycles. The van der Waals surface area contributed by atoms with Crippen molar-refractivity contribution in [1.29, 1.82) is 0 Å². The average molecular weight is 454 g/mol. The second kappa shape index (κ2) is 9.72. The molecule has 176 valence electrons. The van der Waals surface area contributed by atoms with Crippen LogP contribution in [0, 0.1) is 5.92 Å². The third-order valence-corrected chi connectivity index (χ3v) is 6.34. The van der Waals surface area contributed by atoms with Crippen LogP contribution in [0.4, 0.5) is 5.69 Å². The normalized spacial score (nSPS) is 17.0. The number of carbonyl (C=O) groups excluding carboxylic acids is 3. The number of amides is 3. The number of benzene rings is 1. The highest BCUT2D eigenvalue weighted by atomic mass is 16.2. The summed E-state index contributed by atoms with van der Waals surface area (Å²) in [5.41, 5.74) is 10.9. The van der Waals surface area contributed by atoms with E-state index >= 15 is 0 Å². The first kappa shape index (κ1) is 22.9. The molecule has 1 saturated carbocycles. The van der Waals surface area contributed by atoms with Crippen LogP contribution in [-0.2, 0) is 4.79 Å². The molecule has 0 radical (unpaired) electrons. The van der Waals surface area contributed by atoms with E-state index in [-0.39, 0.29) is 17.7 Å². The highest BCUT2D eigenvalue weighted by molar-refractivity contribution is 6.19. The summed E-state index contributed by atoms with van der Waals surface area (Å²) in [4.78, 5) is 43.4. The van der Waals surface area contributed by atoms with Crippen LogP contribution in [0.2, 0.25) is 0 Å². The maximum absolute atomic E-state index is 12.8. The zero-order valence-corrected chi connectivity index (χ0v) is 19.0. The van der Waals surface area contributed by atoms with Gasteiger partial charge in [-0.15, -0.1) is 0 Å². The lowest BCUT2D eigenvalue weighted by molar-refractivity contribution is -0.118. The van der Waals surface area contributed by atoms with E-state index in [4.69, 9.17) is 5.73 Å². The van der Waals surface area contributed by atoms with E-state index in [0.29, 0.717) is 46.5 Å². The zero-order chi connectivity index (χ0) is 23.5. The van der Waals surface area contributed by atoms with Gasteiger partial charge in [0, 0.05) is 35.2 Å². The lowest BCUT2D eigenvalue weighted by Gasteiger charge is -2.26. The SMILES string of the molecule is CN(C)CCNC(=O)c1[nH]c2cc(NC(=O)[C@H](N)C3CCCCC3)cc3c2c1C=NNC3=O. The Morgan fingerprint density at radius 3 is 2.73 bits per heavy atom. The minimum absolute atomic E-state index is 0.162. The predicted octanol–water partition coefficient (Wildman–Crippen LogP) is 1.38. The van der Waals surface area contributed by atoms with E-state index in [9.17, 15) is 14.4 Å². The maximum Gasteiger partial charge on any atom is 0.272 e. The summed E-state index contributed by atoms with van der Waals surface area (Å²) >= 11 is 0. The highest BCUT2D eigenvalue weighted by Gasteiger charge is 2.28.